The molecule has 7 aromatic carbocycles. The van der Waals surface area contributed by atoms with Gasteiger partial charge in [-0.2, -0.15) is 0 Å². The van der Waals surface area contributed by atoms with Gasteiger partial charge in [0.1, 0.15) is 6.67 Å². The first-order chi connectivity index (χ1) is 23.8. The molecule has 228 valence electrons. The summed E-state index contributed by atoms with van der Waals surface area (Å²) >= 11 is 1.90. The van der Waals surface area contributed by atoms with Crippen LogP contribution in [0.4, 0.5) is 5.69 Å². The van der Waals surface area contributed by atoms with Crippen LogP contribution in [0, 0.1) is 0 Å². The number of hydrazine groups is 1. The molecule has 2 aromatic heterocycles. The van der Waals surface area contributed by atoms with Crippen LogP contribution >= 0.6 is 11.3 Å². The molecule has 9 aromatic rings. The Morgan fingerprint density at radius 1 is 0.521 bits per heavy atom. The number of aromatic nitrogens is 1. The van der Waals surface area contributed by atoms with Crippen LogP contribution < -0.4 is 10.4 Å². The zero-order chi connectivity index (χ0) is 31.6. The van der Waals surface area contributed by atoms with E-state index in [4.69, 9.17) is 0 Å². The minimum atomic E-state index is 0.0631. The third-order valence-electron chi connectivity index (χ3n) is 9.93. The highest BCUT2D eigenvalue weighted by molar-refractivity contribution is 7.26. The average molecular weight is 634 g/mol. The Kier molecular flexibility index (Phi) is 6.26. The van der Waals surface area contributed by atoms with Crippen molar-refractivity contribution in [2.45, 2.75) is 12.7 Å². The quantitative estimate of drug-likeness (QED) is 0.203. The number of rotatable bonds is 5. The molecule has 48 heavy (non-hydrogen) atoms. The van der Waals surface area contributed by atoms with Crippen LogP contribution in [0.15, 0.2) is 164 Å². The van der Waals surface area contributed by atoms with Crippen molar-refractivity contribution < 1.29 is 0 Å². The second kappa shape index (κ2) is 11.0. The number of nitrogens with zero attached hydrogens (tertiary/aromatic N) is 2. The van der Waals surface area contributed by atoms with Crippen molar-refractivity contribution in [1.82, 2.24) is 9.99 Å². The predicted octanol–water partition coefficient (Wildman–Crippen LogP) is 11.6. The van der Waals surface area contributed by atoms with E-state index in [0.717, 1.165) is 0 Å². The Morgan fingerprint density at radius 3 is 1.98 bits per heavy atom. The summed E-state index contributed by atoms with van der Waals surface area (Å²) in [6, 6.07) is 59.7. The Morgan fingerprint density at radius 2 is 1.17 bits per heavy atom. The lowest BCUT2D eigenvalue weighted by molar-refractivity contribution is 0.553. The van der Waals surface area contributed by atoms with Crippen molar-refractivity contribution in [3.63, 3.8) is 0 Å². The van der Waals surface area contributed by atoms with E-state index in [1.807, 2.05) is 11.3 Å². The molecule has 0 spiro atoms. The molecule has 1 aliphatic heterocycles. The first-order valence-electron chi connectivity index (χ1n) is 16.5. The van der Waals surface area contributed by atoms with Crippen molar-refractivity contribution >= 4 is 59.0 Å². The lowest BCUT2D eigenvalue weighted by Crippen LogP contribution is -2.36. The van der Waals surface area contributed by atoms with Gasteiger partial charge in [0.15, 0.2) is 0 Å². The standard InChI is InChI=1S/C44H31N3S/c1-3-11-29(12-4-1)31-19-21-32(22-20-31)42-37-16-7-9-17-40(37)47(45-42)28-46-39-26-23-33(30-13-5-2-6-14-30)27-38(39)35-24-25-36-34-15-8-10-18-41(34)48-44(36)43(35)46/h1-27,42,45H,28H2. The van der Waals surface area contributed by atoms with Crippen LogP contribution in [0.3, 0.4) is 0 Å². The topological polar surface area (TPSA) is 20.2 Å². The van der Waals surface area contributed by atoms with E-state index >= 15 is 0 Å². The zero-order valence-electron chi connectivity index (χ0n) is 26.2. The lowest BCUT2D eigenvalue weighted by Gasteiger charge is -2.23. The van der Waals surface area contributed by atoms with E-state index in [2.05, 4.69) is 179 Å². The molecular weight excluding hydrogens is 603 g/mol. The largest absolute Gasteiger partial charge is 0.319 e. The normalized spacial score (nSPS) is 14.4. The van der Waals surface area contributed by atoms with E-state index in [9.17, 15) is 0 Å². The molecule has 1 N–H and O–H groups in total. The number of fused-ring (bicyclic) bond motifs is 8. The molecule has 0 amide bonds. The highest BCUT2D eigenvalue weighted by Crippen LogP contribution is 2.44. The Bertz CT molecular complexity index is 2620. The number of hydrogen-bond donors (Lipinski definition) is 1. The first-order valence-corrected chi connectivity index (χ1v) is 17.3. The van der Waals surface area contributed by atoms with Gasteiger partial charge >= 0.3 is 0 Å². The van der Waals surface area contributed by atoms with Crippen LogP contribution in [0.1, 0.15) is 17.2 Å². The van der Waals surface area contributed by atoms with E-state index in [1.165, 1.54) is 81.0 Å². The van der Waals surface area contributed by atoms with Gasteiger partial charge in [0, 0.05) is 31.8 Å². The van der Waals surface area contributed by atoms with Gasteiger partial charge < -0.3 is 4.57 Å². The number of nitrogens with one attached hydrogen (secondary N) is 1. The van der Waals surface area contributed by atoms with E-state index in [-0.39, 0.29) is 6.04 Å². The molecule has 3 nitrogen and oxygen atoms in total. The smallest absolute Gasteiger partial charge is 0.110 e. The molecule has 0 saturated heterocycles. The third kappa shape index (κ3) is 4.31. The van der Waals surface area contributed by atoms with Gasteiger partial charge in [-0.25, -0.2) is 5.43 Å². The fourth-order valence-corrected chi connectivity index (χ4v) is 8.87. The van der Waals surface area contributed by atoms with Crippen LogP contribution in [0.25, 0.3) is 64.2 Å². The van der Waals surface area contributed by atoms with Gasteiger partial charge in [0.05, 0.1) is 27.5 Å². The summed E-state index contributed by atoms with van der Waals surface area (Å²) in [5.74, 6) is 0. The van der Waals surface area contributed by atoms with Gasteiger partial charge in [-0.05, 0) is 52.1 Å². The molecule has 0 bridgehead atoms. The minimum Gasteiger partial charge on any atom is -0.319 e. The van der Waals surface area contributed by atoms with Crippen molar-refractivity contribution in [3.8, 4) is 22.3 Å². The summed E-state index contributed by atoms with van der Waals surface area (Å²) in [5.41, 5.74) is 15.2. The first kappa shape index (κ1) is 27.4. The molecule has 0 aliphatic carbocycles. The number of benzene rings is 7. The van der Waals surface area contributed by atoms with Crippen LogP contribution in [0.5, 0.6) is 0 Å². The summed E-state index contributed by atoms with van der Waals surface area (Å²) in [6.07, 6.45) is 0. The second-order valence-electron chi connectivity index (χ2n) is 12.6. The summed E-state index contributed by atoms with van der Waals surface area (Å²) in [7, 11) is 0. The van der Waals surface area contributed by atoms with Gasteiger partial charge in [-0.15, -0.1) is 11.3 Å². The summed E-state index contributed by atoms with van der Waals surface area (Å²) in [4.78, 5) is 0. The van der Waals surface area contributed by atoms with E-state index in [0.29, 0.717) is 6.67 Å². The zero-order valence-corrected chi connectivity index (χ0v) is 27.0. The maximum atomic E-state index is 3.93. The summed E-state index contributed by atoms with van der Waals surface area (Å²) in [6.45, 7) is 0.674. The van der Waals surface area contributed by atoms with Crippen molar-refractivity contribution in [2.75, 3.05) is 5.01 Å². The second-order valence-corrected chi connectivity index (χ2v) is 13.7. The molecule has 3 heterocycles. The Hall–Kier alpha value is -5.68. The van der Waals surface area contributed by atoms with Gasteiger partial charge in [0.25, 0.3) is 0 Å². The highest BCUT2D eigenvalue weighted by atomic mass is 32.1. The molecule has 1 aliphatic rings. The summed E-state index contributed by atoms with van der Waals surface area (Å²) < 4.78 is 5.19. The molecule has 0 radical (unpaired) electrons. The molecule has 4 heteroatoms. The number of para-hydroxylation sites is 1. The van der Waals surface area contributed by atoms with E-state index in [1.54, 1.807) is 0 Å². The van der Waals surface area contributed by atoms with Gasteiger partial charge in [0.2, 0.25) is 0 Å². The average Bonchev–Trinajstić information content (AvgIpc) is 3.82. The Balaban J connectivity index is 1.12. The maximum absolute atomic E-state index is 3.93. The number of anilines is 1. The summed E-state index contributed by atoms with van der Waals surface area (Å²) in [5, 5.41) is 7.57. The fourth-order valence-electron chi connectivity index (χ4n) is 7.61. The molecule has 1 unspecified atom stereocenters. The van der Waals surface area contributed by atoms with Crippen molar-refractivity contribution in [3.05, 3.63) is 175 Å². The Labute approximate surface area is 282 Å². The van der Waals surface area contributed by atoms with Gasteiger partial charge in [-0.3, -0.25) is 5.01 Å². The van der Waals surface area contributed by atoms with E-state index < -0.39 is 0 Å². The number of thiophene rings is 1. The van der Waals surface area contributed by atoms with Crippen LogP contribution in [-0.4, -0.2) is 4.57 Å². The van der Waals surface area contributed by atoms with Crippen molar-refractivity contribution in [1.29, 1.82) is 0 Å². The molecule has 1 atom stereocenters. The number of hydrogen-bond acceptors (Lipinski definition) is 3. The SMILES string of the molecule is c1ccc(-c2ccc(C3NN(Cn4c5ccc(-c6ccccc6)cc5c5ccc6c7ccccc7sc6c54)c4ccccc43)cc2)cc1. The molecular formula is C44H31N3S. The lowest BCUT2D eigenvalue weighted by atomic mass is 9.97. The molecule has 0 fully saturated rings. The maximum Gasteiger partial charge on any atom is 0.110 e. The monoisotopic (exact) mass is 633 g/mol. The molecule has 10 rings (SSSR count). The predicted molar refractivity (Wildman–Crippen MR) is 204 cm³/mol. The third-order valence-corrected chi connectivity index (χ3v) is 11.1. The van der Waals surface area contributed by atoms with Crippen LogP contribution in [-0.2, 0) is 6.67 Å². The minimum absolute atomic E-state index is 0.0631. The van der Waals surface area contributed by atoms with Crippen molar-refractivity contribution in [2.24, 2.45) is 0 Å². The molecule has 0 saturated carbocycles. The highest BCUT2D eigenvalue weighted by Gasteiger charge is 2.30. The van der Waals surface area contributed by atoms with Crippen LogP contribution in [0.2, 0.25) is 0 Å². The van der Waals surface area contributed by atoms with Gasteiger partial charge in [-0.1, -0.05) is 140 Å². The fraction of sp³-hybridized carbons (Fsp3) is 0.0455.